The van der Waals surface area contributed by atoms with Gasteiger partial charge in [-0.25, -0.2) is 23.3 Å². The van der Waals surface area contributed by atoms with Crippen molar-refractivity contribution in [1.29, 1.82) is 0 Å². The molecule has 0 radical (unpaired) electrons. The summed E-state index contributed by atoms with van der Waals surface area (Å²) in [5.41, 5.74) is 4.44. The Morgan fingerprint density at radius 3 is 2.44 bits per heavy atom. The first kappa shape index (κ1) is 42.3. The molecular formula is C25H41N6O17P3S. The average Bonchev–Trinajstić information content (AvgIpc) is 3.66. The number of rotatable bonds is 20. The summed E-state index contributed by atoms with van der Waals surface area (Å²) in [5.74, 6) is -0.727. The molecule has 0 aliphatic carbocycles. The number of aromatic nitrogens is 2. The highest BCUT2D eigenvalue weighted by Gasteiger charge is 2.48. The number of aliphatic hydroxyl groups is 2. The molecule has 10 N–H and O–H groups in total. The van der Waals surface area contributed by atoms with E-state index in [0.717, 1.165) is 29.4 Å². The van der Waals surface area contributed by atoms with E-state index in [1.807, 2.05) is 0 Å². The molecule has 0 bridgehead atoms. The second-order valence-electron chi connectivity index (χ2n) is 11.9. The van der Waals surface area contributed by atoms with Crippen LogP contribution in [0.4, 0.5) is 10.6 Å². The number of thioether (sulfide) groups is 1. The Morgan fingerprint density at radius 1 is 1.00 bits per heavy atom. The highest BCUT2D eigenvalue weighted by Crippen LogP contribution is 2.67. The van der Waals surface area contributed by atoms with Crippen LogP contribution in [0.25, 0.3) is 0 Å². The Bertz CT molecular complexity index is 1660. The van der Waals surface area contributed by atoms with Crippen molar-refractivity contribution in [1.82, 2.24) is 25.5 Å². The van der Waals surface area contributed by atoms with E-state index in [0.29, 0.717) is 37.5 Å². The van der Waals surface area contributed by atoms with Crippen molar-refractivity contribution in [3.63, 3.8) is 0 Å². The molecule has 294 valence electrons. The third-order valence-corrected chi connectivity index (χ3v) is 13.7. The molecule has 4 heterocycles. The summed E-state index contributed by atoms with van der Waals surface area (Å²) in [6.07, 6.45) is -2.31. The molecule has 0 saturated carbocycles. The number of hydrogen-bond donors (Lipinski definition) is 9. The van der Waals surface area contributed by atoms with Crippen LogP contribution in [0.5, 0.6) is 0 Å². The number of carbonyl (C=O) groups is 3. The lowest BCUT2D eigenvalue weighted by molar-refractivity contribution is -0.135. The minimum Gasteiger partial charge on any atom is -0.387 e. The predicted octanol–water partition coefficient (Wildman–Crippen LogP) is -0.259. The number of urea groups is 1. The molecule has 3 saturated heterocycles. The molecule has 1 aromatic heterocycles. The van der Waals surface area contributed by atoms with Crippen molar-refractivity contribution in [2.45, 2.75) is 93.2 Å². The van der Waals surface area contributed by atoms with Gasteiger partial charge in [0.15, 0.2) is 6.23 Å². The minimum absolute atomic E-state index is 0.114. The number of aliphatic hydroxyl groups excluding tert-OH is 2. The van der Waals surface area contributed by atoms with Gasteiger partial charge in [0.05, 0.1) is 18.7 Å². The van der Waals surface area contributed by atoms with Crippen LogP contribution in [0.1, 0.15) is 57.6 Å². The zero-order valence-corrected chi connectivity index (χ0v) is 30.8. The molecule has 10 unspecified atom stereocenters. The summed E-state index contributed by atoms with van der Waals surface area (Å²) in [6.45, 7) is -0.756. The highest BCUT2D eigenvalue weighted by atomic mass is 32.2. The third-order valence-electron chi connectivity index (χ3n) is 7.96. The van der Waals surface area contributed by atoms with Gasteiger partial charge in [0.1, 0.15) is 24.1 Å². The number of hydrogen-bond acceptors (Lipinski definition) is 17. The van der Waals surface area contributed by atoms with Gasteiger partial charge in [-0.2, -0.15) is 25.4 Å². The maximum Gasteiger partial charge on any atom is 0.538 e. The fraction of sp³-hybridized carbons (Fsp3) is 0.720. The minimum atomic E-state index is -5.93. The number of nitrogens with two attached hydrogens (primary N) is 1. The van der Waals surface area contributed by atoms with E-state index in [-0.39, 0.29) is 36.3 Å². The molecule has 3 amide bonds. The van der Waals surface area contributed by atoms with Crippen LogP contribution >= 0.6 is 35.2 Å². The maximum absolute atomic E-state index is 12.3. The lowest BCUT2D eigenvalue weighted by Gasteiger charge is -2.20. The summed E-state index contributed by atoms with van der Waals surface area (Å²) in [6, 6.07) is 1.31. The number of fused-ring (bicyclic) bond motifs is 1. The number of carbonyl (C=O) groups excluding carboxylic acids is 3. The number of anilines is 1. The molecule has 4 rings (SSSR count). The lowest BCUT2D eigenvalue weighted by Crippen LogP contribution is -2.36. The topological polar surface area (TPSA) is 347 Å². The maximum atomic E-state index is 12.3. The molecule has 0 aromatic carbocycles. The van der Waals surface area contributed by atoms with Crippen molar-refractivity contribution < 1.29 is 75.4 Å². The van der Waals surface area contributed by atoms with Gasteiger partial charge < -0.3 is 50.9 Å². The zero-order valence-electron chi connectivity index (χ0n) is 27.3. The van der Waals surface area contributed by atoms with Crippen LogP contribution in [0, 0.1) is 0 Å². The summed E-state index contributed by atoms with van der Waals surface area (Å²) in [5, 5.41) is 29.3. The Labute approximate surface area is 300 Å². The van der Waals surface area contributed by atoms with Crippen LogP contribution in [0.3, 0.4) is 0 Å². The molecule has 3 aliphatic rings. The molecule has 10 atom stereocenters. The Balaban J connectivity index is 1.07. The number of unbranched alkanes of at least 4 members (excludes halogenated alkanes) is 3. The van der Waals surface area contributed by atoms with Crippen LogP contribution in [-0.4, -0.2) is 107 Å². The number of nitrogen functional groups attached to an aromatic ring is 1. The van der Waals surface area contributed by atoms with E-state index in [2.05, 4.69) is 38.6 Å². The van der Waals surface area contributed by atoms with Gasteiger partial charge in [0.2, 0.25) is 5.91 Å². The molecule has 52 heavy (non-hydrogen) atoms. The van der Waals surface area contributed by atoms with Crippen LogP contribution in [-0.2, 0) is 45.7 Å². The van der Waals surface area contributed by atoms with Crippen LogP contribution in [0.15, 0.2) is 17.1 Å². The number of phosphoric ester groups is 2. The van der Waals surface area contributed by atoms with E-state index in [9.17, 15) is 57.8 Å². The van der Waals surface area contributed by atoms with E-state index in [1.165, 1.54) is 6.07 Å². The van der Waals surface area contributed by atoms with Gasteiger partial charge in [-0.1, -0.05) is 12.8 Å². The van der Waals surface area contributed by atoms with Gasteiger partial charge in [-0.3, -0.25) is 23.6 Å². The molecule has 3 aliphatic heterocycles. The van der Waals surface area contributed by atoms with Gasteiger partial charge >= 0.3 is 41.2 Å². The highest BCUT2D eigenvalue weighted by molar-refractivity contribution is 8.00. The first-order valence-corrected chi connectivity index (χ1v) is 21.5. The molecule has 1 aromatic rings. The monoisotopic (exact) mass is 822 g/mol. The summed E-state index contributed by atoms with van der Waals surface area (Å²) in [7, 11) is -17.2. The number of ether oxygens (including phenoxy) is 1. The van der Waals surface area contributed by atoms with Crippen LogP contribution < -0.4 is 27.4 Å². The Morgan fingerprint density at radius 2 is 1.71 bits per heavy atom. The molecule has 23 nitrogen and oxygen atoms in total. The van der Waals surface area contributed by atoms with Crippen LogP contribution in [0.2, 0.25) is 0 Å². The largest absolute Gasteiger partial charge is 0.538 e. The zero-order chi connectivity index (χ0) is 38.3. The first-order chi connectivity index (χ1) is 24.3. The smallest absolute Gasteiger partial charge is 0.387 e. The average molecular weight is 823 g/mol. The van der Waals surface area contributed by atoms with E-state index in [1.54, 1.807) is 11.8 Å². The van der Waals surface area contributed by atoms with Crippen molar-refractivity contribution in [2.75, 3.05) is 24.6 Å². The summed E-state index contributed by atoms with van der Waals surface area (Å²) >= 11 is 1.80. The number of nitrogens with zero attached hydrogens (tertiary/aromatic N) is 2. The Kier molecular flexibility index (Phi) is 14.9. The van der Waals surface area contributed by atoms with Crippen molar-refractivity contribution in [3.05, 3.63) is 22.7 Å². The molecule has 0 spiro atoms. The predicted molar refractivity (Wildman–Crippen MR) is 178 cm³/mol. The van der Waals surface area contributed by atoms with Gasteiger partial charge in [0, 0.05) is 36.6 Å². The van der Waals surface area contributed by atoms with Crippen molar-refractivity contribution in [3.8, 4) is 0 Å². The number of phosphoric acid groups is 3. The second kappa shape index (κ2) is 18.3. The number of amides is 3. The lowest BCUT2D eigenvalue weighted by atomic mass is 10.0. The van der Waals surface area contributed by atoms with Crippen molar-refractivity contribution in [2.24, 2.45) is 0 Å². The fourth-order valence-corrected chi connectivity index (χ4v) is 10.6. The molecule has 27 heteroatoms. The first-order valence-electron chi connectivity index (χ1n) is 15.9. The van der Waals surface area contributed by atoms with Gasteiger partial charge in [-0.15, -0.1) is 0 Å². The summed E-state index contributed by atoms with van der Waals surface area (Å²) < 4.78 is 59.1. The third kappa shape index (κ3) is 12.6. The standard InChI is InChI=1S/C25H41N6O17P3S/c26-17-9-11-31(25(37)29-17)23-22(35)21(34)15(45-23)12-44-49(38,39)47-51(42,43)48-50(40,41)46-19(33)8-2-1-5-10-27-18(32)7-4-3-6-16-20-14(13-52-16)28-24(36)30-20/h9,11,14-16,20-23,34-35H,1-8,10,12-13H2,(H,27,32)(H,38,39)(H,40,41)(H,42,43)(H2,26,29,37)(H2,28,30,36). The molecule has 3 fully saturated rings. The van der Waals surface area contributed by atoms with E-state index in [4.69, 9.17) is 10.5 Å². The van der Waals surface area contributed by atoms with Gasteiger partial charge in [0.25, 0.3) is 0 Å². The second-order valence-corrected chi connectivity index (χ2v) is 17.8. The SMILES string of the molecule is Nc1ccn(C2OC(COP(=O)(O)OP(=O)(O)OP(=O)(O)OC(=O)CCCCCNC(=O)CCCCC3SCC4NC(=O)NC43)C(O)C2O)c(=O)n1. The summed E-state index contributed by atoms with van der Waals surface area (Å²) in [4.78, 5) is 80.4. The quantitative estimate of drug-likeness (QED) is 0.0465. The van der Waals surface area contributed by atoms with Crippen molar-refractivity contribution >= 4 is 59.0 Å². The van der Waals surface area contributed by atoms with E-state index >= 15 is 0 Å². The van der Waals surface area contributed by atoms with Gasteiger partial charge in [-0.05, 0) is 31.7 Å². The normalized spacial score (nSPS) is 28.9. The fourth-order valence-electron chi connectivity index (χ4n) is 5.54. The van der Waals surface area contributed by atoms with E-state index < -0.39 is 72.7 Å². The number of nitrogens with one attached hydrogen (secondary N) is 3. The Hall–Kier alpha value is -2.43. The molecular weight excluding hydrogens is 781 g/mol.